The Morgan fingerprint density at radius 3 is 1.68 bits per heavy atom. The highest BCUT2D eigenvalue weighted by Gasteiger charge is 2.13. The lowest BCUT2D eigenvalue weighted by Gasteiger charge is -2.26. The van der Waals surface area contributed by atoms with Gasteiger partial charge in [-0.25, -0.2) is 0 Å². The van der Waals surface area contributed by atoms with Crippen LogP contribution in [0.25, 0.3) is 18.2 Å². The standard InChI is InChI=1S/C46H45N/c1-6-44(27-17-35(2)16-18-41-13-7-10-36(3)32-41)47(45-28-23-39(24-29-45)19-21-42-14-8-11-37(4)33-42)46-30-25-40(26-31-46)20-22-43-15-9-12-38(5)34-43/h6-19,21,23-34H,1,20,22H2,2-5H3/b18-16+,21-19+,35-17+,44-27+. The van der Waals surface area contributed by atoms with Crippen LogP contribution >= 0.6 is 0 Å². The number of rotatable bonds is 12. The maximum atomic E-state index is 4.22. The SMILES string of the molecule is C=C\C(=C/C=C(C)/C=C/c1cccc(C)c1)N(c1ccc(/C=C/c2cccc(C)c2)cc1)c1ccc(CCc2cccc(C)c2)cc1. The van der Waals surface area contributed by atoms with Crippen molar-refractivity contribution in [1.29, 1.82) is 0 Å². The fraction of sp³-hybridized carbons (Fsp3) is 0.130. The first kappa shape index (κ1) is 33.0. The molecule has 0 saturated heterocycles. The normalized spacial score (nSPS) is 12.2. The Morgan fingerprint density at radius 1 is 0.553 bits per heavy atom. The highest BCUT2D eigenvalue weighted by molar-refractivity contribution is 5.74. The van der Waals surface area contributed by atoms with E-state index in [1.165, 1.54) is 38.9 Å². The van der Waals surface area contributed by atoms with E-state index in [-0.39, 0.29) is 0 Å². The van der Waals surface area contributed by atoms with Crippen molar-refractivity contribution in [2.24, 2.45) is 0 Å². The average Bonchev–Trinajstić information content (AvgIpc) is 3.08. The highest BCUT2D eigenvalue weighted by Crippen LogP contribution is 2.32. The van der Waals surface area contributed by atoms with Gasteiger partial charge in [0.1, 0.15) is 0 Å². The molecule has 0 bridgehead atoms. The van der Waals surface area contributed by atoms with Crippen LogP contribution in [0.1, 0.15) is 51.4 Å². The van der Waals surface area contributed by atoms with E-state index in [9.17, 15) is 0 Å². The van der Waals surface area contributed by atoms with Gasteiger partial charge in [0.15, 0.2) is 0 Å². The Bertz CT molecular complexity index is 1910. The minimum atomic E-state index is 1.00. The quantitative estimate of drug-likeness (QED) is 0.100. The summed E-state index contributed by atoms with van der Waals surface area (Å²) in [4.78, 5) is 2.28. The summed E-state index contributed by atoms with van der Waals surface area (Å²) < 4.78 is 0. The molecule has 0 saturated carbocycles. The third-order valence-corrected chi connectivity index (χ3v) is 8.21. The average molecular weight is 612 g/mol. The Morgan fingerprint density at radius 2 is 1.09 bits per heavy atom. The van der Waals surface area contributed by atoms with Gasteiger partial charge in [-0.15, -0.1) is 0 Å². The number of hydrogen-bond donors (Lipinski definition) is 0. The summed E-state index contributed by atoms with van der Waals surface area (Å²) in [6.07, 6.45) is 16.9. The lowest BCUT2D eigenvalue weighted by atomic mass is 10.0. The maximum Gasteiger partial charge on any atom is 0.0462 e. The van der Waals surface area contributed by atoms with Crippen LogP contribution in [0.3, 0.4) is 0 Å². The molecule has 0 radical (unpaired) electrons. The van der Waals surface area contributed by atoms with Crippen LogP contribution in [0.4, 0.5) is 11.4 Å². The zero-order valence-electron chi connectivity index (χ0n) is 28.2. The van der Waals surface area contributed by atoms with Gasteiger partial charge in [0.05, 0.1) is 0 Å². The lowest BCUT2D eigenvalue weighted by Crippen LogP contribution is -2.15. The van der Waals surface area contributed by atoms with Gasteiger partial charge in [-0.3, -0.25) is 0 Å². The van der Waals surface area contributed by atoms with Crippen molar-refractivity contribution >= 4 is 29.6 Å². The van der Waals surface area contributed by atoms with E-state index < -0.39 is 0 Å². The van der Waals surface area contributed by atoms with Crippen molar-refractivity contribution in [1.82, 2.24) is 0 Å². The third-order valence-electron chi connectivity index (χ3n) is 8.21. The lowest BCUT2D eigenvalue weighted by molar-refractivity contribution is 0.957. The summed E-state index contributed by atoms with van der Waals surface area (Å²) in [7, 11) is 0. The molecule has 1 nitrogen and oxygen atoms in total. The molecular weight excluding hydrogens is 567 g/mol. The number of nitrogens with zero attached hydrogens (tertiary/aromatic N) is 1. The van der Waals surface area contributed by atoms with E-state index in [1.807, 2.05) is 6.08 Å². The van der Waals surface area contributed by atoms with Crippen LogP contribution in [-0.2, 0) is 12.8 Å². The molecule has 0 N–H and O–H groups in total. The van der Waals surface area contributed by atoms with Gasteiger partial charge in [-0.1, -0.05) is 156 Å². The fourth-order valence-corrected chi connectivity index (χ4v) is 5.62. The topological polar surface area (TPSA) is 3.24 Å². The van der Waals surface area contributed by atoms with Crippen LogP contribution in [0, 0.1) is 20.8 Å². The predicted molar refractivity (Wildman–Crippen MR) is 206 cm³/mol. The van der Waals surface area contributed by atoms with Gasteiger partial charge in [-0.2, -0.15) is 0 Å². The first-order valence-electron chi connectivity index (χ1n) is 16.4. The molecule has 0 aliphatic heterocycles. The molecular formula is C46H45N. The molecule has 5 aromatic rings. The van der Waals surface area contributed by atoms with E-state index in [1.54, 1.807) is 0 Å². The molecule has 0 aliphatic rings. The molecule has 0 heterocycles. The number of allylic oxidation sites excluding steroid dienone is 5. The zero-order valence-corrected chi connectivity index (χ0v) is 28.2. The van der Waals surface area contributed by atoms with E-state index >= 15 is 0 Å². The first-order valence-corrected chi connectivity index (χ1v) is 16.4. The van der Waals surface area contributed by atoms with Crippen molar-refractivity contribution in [3.8, 4) is 0 Å². The zero-order chi connectivity index (χ0) is 33.0. The van der Waals surface area contributed by atoms with Gasteiger partial charge in [-0.05, 0) is 105 Å². The second kappa shape index (κ2) is 16.2. The van der Waals surface area contributed by atoms with Crippen molar-refractivity contribution in [3.63, 3.8) is 0 Å². The second-order valence-electron chi connectivity index (χ2n) is 12.3. The Kier molecular flexibility index (Phi) is 11.4. The molecule has 0 spiro atoms. The molecule has 0 unspecified atom stereocenters. The molecule has 47 heavy (non-hydrogen) atoms. The van der Waals surface area contributed by atoms with Crippen LogP contribution < -0.4 is 4.90 Å². The molecule has 5 rings (SSSR count). The Hall–Kier alpha value is -5.40. The van der Waals surface area contributed by atoms with Crippen LogP contribution in [0.15, 0.2) is 163 Å². The summed E-state index contributed by atoms with van der Waals surface area (Å²) >= 11 is 0. The van der Waals surface area contributed by atoms with E-state index in [4.69, 9.17) is 0 Å². The van der Waals surface area contributed by atoms with Crippen molar-refractivity contribution in [2.75, 3.05) is 4.90 Å². The van der Waals surface area contributed by atoms with E-state index in [2.05, 4.69) is 197 Å². The smallest absolute Gasteiger partial charge is 0.0462 e. The maximum absolute atomic E-state index is 4.22. The second-order valence-corrected chi connectivity index (χ2v) is 12.3. The summed E-state index contributed by atoms with van der Waals surface area (Å²) in [5, 5.41) is 0. The summed E-state index contributed by atoms with van der Waals surface area (Å²) in [5.41, 5.74) is 14.4. The molecule has 5 aromatic carbocycles. The minimum Gasteiger partial charge on any atom is -0.311 e. The predicted octanol–water partition coefficient (Wildman–Crippen LogP) is 12.4. The monoisotopic (exact) mass is 611 g/mol. The Labute approximate surface area is 282 Å². The van der Waals surface area contributed by atoms with Crippen LogP contribution in [0.2, 0.25) is 0 Å². The third kappa shape index (κ3) is 9.79. The molecule has 234 valence electrons. The van der Waals surface area contributed by atoms with E-state index in [0.717, 1.165) is 41.1 Å². The highest BCUT2D eigenvalue weighted by atomic mass is 15.1. The van der Waals surface area contributed by atoms with Crippen molar-refractivity contribution in [3.05, 3.63) is 208 Å². The number of anilines is 2. The minimum absolute atomic E-state index is 1.00. The number of benzene rings is 5. The van der Waals surface area contributed by atoms with E-state index in [0.29, 0.717) is 0 Å². The van der Waals surface area contributed by atoms with Gasteiger partial charge < -0.3 is 4.90 Å². The largest absolute Gasteiger partial charge is 0.311 e. The molecule has 0 atom stereocenters. The number of aryl methyl sites for hydroxylation is 5. The fourth-order valence-electron chi connectivity index (χ4n) is 5.62. The van der Waals surface area contributed by atoms with Crippen LogP contribution in [-0.4, -0.2) is 0 Å². The summed E-state index contributed by atoms with van der Waals surface area (Å²) in [6, 6.07) is 43.6. The summed E-state index contributed by atoms with van der Waals surface area (Å²) in [5.74, 6) is 0. The molecule has 0 aromatic heterocycles. The van der Waals surface area contributed by atoms with Gasteiger partial charge >= 0.3 is 0 Å². The van der Waals surface area contributed by atoms with Crippen molar-refractivity contribution < 1.29 is 0 Å². The molecule has 0 aliphatic carbocycles. The van der Waals surface area contributed by atoms with Crippen LogP contribution in [0.5, 0.6) is 0 Å². The molecule has 0 fully saturated rings. The first-order chi connectivity index (χ1) is 22.9. The van der Waals surface area contributed by atoms with Gasteiger partial charge in [0, 0.05) is 17.1 Å². The summed E-state index contributed by atoms with van der Waals surface area (Å²) in [6.45, 7) is 12.8. The van der Waals surface area contributed by atoms with Gasteiger partial charge in [0.25, 0.3) is 0 Å². The molecule has 1 heteroatoms. The van der Waals surface area contributed by atoms with Gasteiger partial charge in [0.2, 0.25) is 0 Å². The number of hydrogen-bond acceptors (Lipinski definition) is 1. The Balaban J connectivity index is 1.42. The van der Waals surface area contributed by atoms with Crippen molar-refractivity contribution in [2.45, 2.75) is 40.5 Å². The molecule has 0 amide bonds.